The normalized spacial score (nSPS) is 19.4. The molecule has 0 aliphatic heterocycles. The van der Waals surface area contributed by atoms with Crippen molar-refractivity contribution in [2.24, 2.45) is 0 Å². The molecule has 0 saturated carbocycles. The fraction of sp³-hybridized carbons (Fsp3) is 0.0526. The number of hydrogen-bond donors (Lipinski definition) is 1. The number of rotatable bonds is 0. The van der Waals surface area contributed by atoms with Crippen LogP contribution in [0.25, 0.3) is 16.7 Å². The summed E-state index contributed by atoms with van der Waals surface area (Å²) in [4.78, 5) is 0. The van der Waals surface area contributed by atoms with Crippen LogP contribution in [0.4, 0.5) is 0 Å². The van der Waals surface area contributed by atoms with Gasteiger partial charge in [0.05, 0.1) is 0 Å². The molecule has 1 heteroatoms. The summed E-state index contributed by atoms with van der Waals surface area (Å²) in [7, 11) is 0. The van der Waals surface area contributed by atoms with Crippen LogP contribution < -0.4 is 0 Å². The third-order valence-corrected chi connectivity index (χ3v) is 4.20. The van der Waals surface area contributed by atoms with Gasteiger partial charge in [-0.25, -0.2) is 0 Å². The zero-order chi connectivity index (χ0) is 13.7. The van der Waals surface area contributed by atoms with E-state index in [0.717, 1.165) is 5.57 Å². The maximum atomic E-state index is 10.0. The van der Waals surface area contributed by atoms with Gasteiger partial charge in [0.1, 0.15) is 5.76 Å². The maximum Gasteiger partial charge on any atom is 0.119 e. The Balaban J connectivity index is 2.07. The fourth-order valence-electron chi connectivity index (χ4n) is 3.07. The van der Waals surface area contributed by atoms with Gasteiger partial charge in [-0.2, -0.15) is 0 Å². The number of aliphatic hydroxyl groups excluding tert-OH is 1. The second-order valence-corrected chi connectivity index (χ2v) is 5.33. The Morgan fingerprint density at radius 3 is 1.95 bits per heavy atom. The monoisotopic (exact) mass is 258 g/mol. The molecule has 96 valence electrons. The molecule has 0 saturated heterocycles. The molecule has 1 N–H and O–H groups in total. The minimum absolute atomic E-state index is 0.0259. The molecule has 2 aromatic carbocycles. The van der Waals surface area contributed by atoms with E-state index in [0.29, 0.717) is 0 Å². The van der Waals surface area contributed by atoms with Crippen LogP contribution in [0.5, 0.6) is 0 Å². The largest absolute Gasteiger partial charge is 0.508 e. The molecule has 5 aliphatic carbocycles. The van der Waals surface area contributed by atoms with Crippen molar-refractivity contribution in [3.8, 4) is 11.1 Å². The highest BCUT2D eigenvalue weighted by molar-refractivity contribution is 5.81. The first kappa shape index (κ1) is 11.3. The molecule has 0 fully saturated rings. The third kappa shape index (κ3) is 1.50. The summed E-state index contributed by atoms with van der Waals surface area (Å²) in [5.74, 6) is 0.300. The van der Waals surface area contributed by atoms with E-state index in [1.165, 1.54) is 27.8 Å². The van der Waals surface area contributed by atoms with Crippen molar-refractivity contribution in [3.63, 3.8) is 0 Å². The molecule has 0 aromatic heterocycles. The first-order valence-electron chi connectivity index (χ1n) is 6.75. The summed E-state index contributed by atoms with van der Waals surface area (Å²) in [6, 6.07) is 17.1. The van der Waals surface area contributed by atoms with Crippen LogP contribution in [0.1, 0.15) is 17.0 Å². The molecule has 1 atom stereocenters. The standard InChI is InChI=1S/C19H14O/c1-12-18(20)11-10-17-15-6-2-13(3-7-15)14-4-8-16(9-5-14)19(12)17/h2-11,19-20H,1H2. The molecular formula is C19H14O. The van der Waals surface area contributed by atoms with Crippen LogP contribution in [-0.2, 0) is 0 Å². The number of allylic oxidation sites excluding steroid dienone is 4. The smallest absolute Gasteiger partial charge is 0.119 e. The van der Waals surface area contributed by atoms with E-state index >= 15 is 0 Å². The van der Waals surface area contributed by atoms with Crippen LogP contribution >= 0.6 is 0 Å². The van der Waals surface area contributed by atoms with Crippen molar-refractivity contribution in [1.29, 1.82) is 0 Å². The molecule has 2 aromatic rings. The molecule has 0 spiro atoms. The zero-order valence-electron chi connectivity index (χ0n) is 11.0. The lowest BCUT2D eigenvalue weighted by atomic mass is 9.77. The van der Waals surface area contributed by atoms with Crippen molar-refractivity contribution < 1.29 is 5.11 Å². The summed E-state index contributed by atoms with van der Waals surface area (Å²) < 4.78 is 0. The van der Waals surface area contributed by atoms with Gasteiger partial charge in [-0.15, -0.1) is 0 Å². The van der Waals surface area contributed by atoms with E-state index in [-0.39, 0.29) is 11.7 Å². The van der Waals surface area contributed by atoms with Gasteiger partial charge in [0.25, 0.3) is 0 Å². The van der Waals surface area contributed by atoms with Gasteiger partial charge in [-0.1, -0.05) is 61.2 Å². The second-order valence-electron chi connectivity index (χ2n) is 5.33. The Bertz CT molecular complexity index is 758. The summed E-state index contributed by atoms with van der Waals surface area (Å²) in [5, 5.41) is 10.0. The number of benzene rings is 2. The summed E-state index contributed by atoms with van der Waals surface area (Å²) in [5.41, 5.74) is 6.76. The Hall–Kier alpha value is -2.54. The van der Waals surface area contributed by atoms with Crippen molar-refractivity contribution in [2.75, 3.05) is 0 Å². The fourth-order valence-corrected chi connectivity index (χ4v) is 3.07. The lowest BCUT2D eigenvalue weighted by Crippen LogP contribution is -2.10. The maximum absolute atomic E-state index is 10.0. The van der Waals surface area contributed by atoms with Crippen molar-refractivity contribution in [3.05, 3.63) is 89.7 Å². The van der Waals surface area contributed by atoms with Gasteiger partial charge in [0.2, 0.25) is 0 Å². The highest BCUT2D eigenvalue weighted by atomic mass is 16.3. The van der Waals surface area contributed by atoms with E-state index in [1.807, 2.05) is 6.08 Å². The van der Waals surface area contributed by atoms with Crippen molar-refractivity contribution in [2.45, 2.75) is 5.92 Å². The molecule has 0 heterocycles. The highest BCUT2D eigenvalue weighted by Crippen LogP contribution is 2.43. The van der Waals surface area contributed by atoms with E-state index < -0.39 is 0 Å². The first-order valence-corrected chi connectivity index (χ1v) is 6.75. The Labute approximate surface area is 118 Å². The van der Waals surface area contributed by atoms with E-state index in [4.69, 9.17) is 0 Å². The van der Waals surface area contributed by atoms with E-state index in [2.05, 4.69) is 55.1 Å². The average Bonchev–Trinajstić information content (AvgIpc) is 2.51. The van der Waals surface area contributed by atoms with Gasteiger partial charge in [0.15, 0.2) is 0 Å². The van der Waals surface area contributed by atoms with Gasteiger partial charge < -0.3 is 5.11 Å². The molecule has 20 heavy (non-hydrogen) atoms. The molecule has 1 nitrogen and oxygen atoms in total. The Morgan fingerprint density at radius 1 is 0.750 bits per heavy atom. The van der Waals surface area contributed by atoms with Gasteiger partial charge in [-0.3, -0.25) is 0 Å². The first-order chi connectivity index (χ1) is 9.74. The zero-order valence-corrected chi connectivity index (χ0v) is 11.0. The molecule has 5 aliphatic rings. The van der Waals surface area contributed by atoms with Crippen molar-refractivity contribution >= 4 is 5.57 Å². The Kier molecular flexibility index (Phi) is 2.25. The third-order valence-electron chi connectivity index (χ3n) is 4.20. The van der Waals surface area contributed by atoms with Crippen LogP contribution in [0.15, 0.2) is 78.6 Å². The topological polar surface area (TPSA) is 20.2 Å². The predicted molar refractivity (Wildman–Crippen MR) is 82.4 cm³/mol. The van der Waals surface area contributed by atoms with Crippen LogP contribution in [0.2, 0.25) is 0 Å². The highest BCUT2D eigenvalue weighted by Gasteiger charge is 2.26. The van der Waals surface area contributed by atoms with Crippen molar-refractivity contribution in [1.82, 2.24) is 0 Å². The molecule has 1 unspecified atom stereocenters. The minimum atomic E-state index is 0.0259. The van der Waals surface area contributed by atoms with Crippen LogP contribution in [0.3, 0.4) is 0 Å². The van der Waals surface area contributed by atoms with Gasteiger partial charge in [-0.05, 0) is 39.5 Å². The molecular weight excluding hydrogens is 244 g/mol. The lowest BCUT2D eigenvalue weighted by molar-refractivity contribution is 0.418. The molecule has 7 rings (SSSR count). The minimum Gasteiger partial charge on any atom is -0.508 e. The average molecular weight is 258 g/mol. The number of hydrogen-bond acceptors (Lipinski definition) is 1. The lowest BCUT2D eigenvalue weighted by Gasteiger charge is -2.27. The predicted octanol–water partition coefficient (Wildman–Crippen LogP) is 4.85. The summed E-state index contributed by atoms with van der Waals surface area (Å²) >= 11 is 0. The molecule has 0 amide bonds. The molecule has 4 bridgehead atoms. The second kappa shape index (κ2) is 3.97. The SMILES string of the molecule is C=C1C(O)=CC=C2c3ccc(cc3)-c3ccc(cc3)C12. The van der Waals surface area contributed by atoms with Gasteiger partial charge >= 0.3 is 0 Å². The van der Waals surface area contributed by atoms with Crippen LogP contribution in [0, 0.1) is 0 Å². The Morgan fingerprint density at radius 2 is 1.30 bits per heavy atom. The summed E-state index contributed by atoms with van der Waals surface area (Å²) in [6.45, 7) is 4.08. The van der Waals surface area contributed by atoms with E-state index in [1.54, 1.807) is 6.08 Å². The molecule has 0 radical (unpaired) electrons. The van der Waals surface area contributed by atoms with Crippen LogP contribution in [-0.4, -0.2) is 5.11 Å². The quantitative estimate of drug-likeness (QED) is 0.716. The van der Waals surface area contributed by atoms with E-state index in [9.17, 15) is 5.11 Å². The number of aliphatic hydroxyl groups is 1. The summed E-state index contributed by atoms with van der Waals surface area (Å²) in [6.07, 6.45) is 3.74. The van der Waals surface area contributed by atoms with Gasteiger partial charge in [0, 0.05) is 5.92 Å².